The van der Waals surface area contributed by atoms with Crippen LogP contribution in [0, 0.1) is 13.8 Å². The van der Waals surface area contributed by atoms with Crippen molar-refractivity contribution in [3.63, 3.8) is 0 Å². The van der Waals surface area contributed by atoms with E-state index in [1.54, 1.807) is 18.3 Å². The van der Waals surface area contributed by atoms with Crippen molar-refractivity contribution in [2.45, 2.75) is 33.2 Å². The molecule has 0 unspecified atom stereocenters. The summed E-state index contributed by atoms with van der Waals surface area (Å²) in [6.45, 7) is 6.90. The second-order valence-electron chi connectivity index (χ2n) is 5.62. The zero-order valence-electron chi connectivity index (χ0n) is 13.8. The maximum Gasteiger partial charge on any atom is 0.251 e. The first-order valence-corrected chi connectivity index (χ1v) is 7.77. The zero-order valence-corrected chi connectivity index (χ0v) is 13.8. The number of H-pyrrole nitrogens is 1. The lowest BCUT2D eigenvalue weighted by Crippen LogP contribution is -2.27. The summed E-state index contributed by atoms with van der Waals surface area (Å²) in [5.74, 6) is 1.30. The minimum atomic E-state index is -0.195. The van der Waals surface area contributed by atoms with Crippen LogP contribution < -0.4 is 15.8 Å². The Bertz CT molecular complexity index is 666. The molecule has 6 heteroatoms. The third-order valence-electron chi connectivity index (χ3n) is 3.54. The van der Waals surface area contributed by atoms with Crippen molar-refractivity contribution in [3.8, 4) is 5.75 Å². The molecule has 0 fully saturated rings. The summed E-state index contributed by atoms with van der Waals surface area (Å²) < 4.78 is 5.68. The number of nitrogens with two attached hydrogens (primary N) is 1. The number of imidazole rings is 1. The van der Waals surface area contributed by atoms with Gasteiger partial charge in [0.15, 0.2) is 0 Å². The monoisotopic (exact) mass is 316 g/mol. The Kier molecular flexibility index (Phi) is 5.76. The van der Waals surface area contributed by atoms with E-state index in [0.29, 0.717) is 24.5 Å². The Morgan fingerprint density at radius 3 is 2.87 bits per heavy atom. The molecule has 0 spiro atoms. The molecule has 2 aromatic rings. The van der Waals surface area contributed by atoms with Gasteiger partial charge in [-0.2, -0.15) is 0 Å². The van der Waals surface area contributed by atoms with Gasteiger partial charge in [0.1, 0.15) is 11.6 Å². The van der Waals surface area contributed by atoms with E-state index in [0.717, 1.165) is 23.5 Å². The van der Waals surface area contributed by atoms with Crippen molar-refractivity contribution in [3.05, 3.63) is 47.0 Å². The number of carbonyl (C=O) groups excluding carboxylic acids is 1. The van der Waals surface area contributed by atoms with Crippen LogP contribution in [0.1, 0.15) is 46.8 Å². The van der Waals surface area contributed by atoms with Gasteiger partial charge in [0.25, 0.3) is 5.91 Å². The van der Waals surface area contributed by atoms with Gasteiger partial charge in [-0.3, -0.25) is 4.79 Å². The number of rotatable bonds is 7. The molecule has 1 atom stereocenters. The number of aromatic amines is 1. The van der Waals surface area contributed by atoms with Gasteiger partial charge >= 0.3 is 0 Å². The van der Waals surface area contributed by atoms with Gasteiger partial charge in [0.05, 0.1) is 12.6 Å². The maximum atomic E-state index is 12.4. The van der Waals surface area contributed by atoms with Crippen LogP contribution in [0.15, 0.2) is 24.4 Å². The first kappa shape index (κ1) is 17.0. The number of hydrogen-bond acceptors (Lipinski definition) is 4. The zero-order chi connectivity index (χ0) is 16.8. The molecule has 2 rings (SSSR count). The van der Waals surface area contributed by atoms with E-state index >= 15 is 0 Å². The first-order chi connectivity index (χ1) is 11.0. The van der Waals surface area contributed by atoms with Crippen molar-refractivity contribution in [1.82, 2.24) is 15.3 Å². The molecule has 124 valence electrons. The van der Waals surface area contributed by atoms with Gasteiger partial charge in [-0.1, -0.05) is 6.07 Å². The van der Waals surface area contributed by atoms with E-state index in [1.807, 2.05) is 26.8 Å². The van der Waals surface area contributed by atoms with Crippen molar-refractivity contribution >= 4 is 5.91 Å². The molecule has 0 aliphatic carbocycles. The average molecular weight is 316 g/mol. The van der Waals surface area contributed by atoms with Gasteiger partial charge in [-0.05, 0) is 51.4 Å². The molecule has 1 aromatic carbocycles. The summed E-state index contributed by atoms with van der Waals surface area (Å²) >= 11 is 0. The van der Waals surface area contributed by atoms with Gasteiger partial charge < -0.3 is 20.8 Å². The lowest BCUT2D eigenvalue weighted by Gasteiger charge is -2.14. The fourth-order valence-electron chi connectivity index (χ4n) is 2.16. The standard InChI is InChI=1S/C17H24N4O2/c1-11-5-6-14(9-15(11)23-8-4-7-18)17(22)21-13(3)16-19-10-12(2)20-16/h5-6,9-10,13H,4,7-8,18H2,1-3H3,(H,19,20)(H,21,22)/t13-/m1/s1. The SMILES string of the molecule is Cc1cnc([C@@H](C)NC(=O)c2ccc(C)c(OCCCN)c2)[nH]1. The maximum absolute atomic E-state index is 12.4. The summed E-state index contributed by atoms with van der Waals surface area (Å²) in [4.78, 5) is 19.8. The predicted octanol–water partition coefficient (Wildman–Crippen LogP) is 2.25. The Hall–Kier alpha value is -2.34. The molecule has 6 nitrogen and oxygen atoms in total. The minimum absolute atomic E-state index is 0.157. The number of benzene rings is 1. The molecule has 0 aliphatic heterocycles. The Balaban J connectivity index is 2.05. The highest BCUT2D eigenvalue weighted by atomic mass is 16.5. The first-order valence-electron chi connectivity index (χ1n) is 7.77. The largest absolute Gasteiger partial charge is 0.493 e. The van der Waals surface area contributed by atoms with E-state index in [-0.39, 0.29) is 11.9 Å². The molecule has 4 N–H and O–H groups in total. The average Bonchev–Trinajstić information content (AvgIpc) is 2.96. The van der Waals surface area contributed by atoms with Gasteiger partial charge in [-0.15, -0.1) is 0 Å². The van der Waals surface area contributed by atoms with Crippen molar-refractivity contribution in [1.29, 1.82) is 0 Å². The predicted molar refractivity (Wildman–Crippen MR) is 89.6 cm³/mol. The molecule has 23 heavy (non-hydrogen) atoms. The molecule has 0 bridgehead atoms. The normalized spacial score (nSPS) is 12.0. The molecule has 0 saturated carbocycles. The van der Waals surface area contributed by atoms with Crippen molar-refractivity contribution in [2.24, 2.45) is 5.73 Å². The topological polar surface area (TPSA) is 93.0 Å². The van der Waals surface area contributed by atoms with E-state index < -0.39 is 0 Å². The van der Waals surface area contributed by atoms with Crippen LogP contribution >= 0.6 is 0 Å². The van der Waals surface area contributed by atoms with Crippen LogP contribution in [0.3, 0.4) is 0 Å². The van der Waals surface area contributed by atoms with Crippen LogP contribution in [-0.2, 0) is 0 Å². The number of nitrogens with one attached hydrogen (secondary N) is 2. The second kappa shape index (κ2) is 7.78. The second-order valence-corrected chi connectivity index (χ2v) is 5.62. The fraction of sp³-hybridized carbons (Fsp3) is 0.412. The molecule has 1 aromatic heterocycles. The highest BCUT2D eigenvalue weighted by molar-refractivity contribution is 5.94. The van der Waals surface area contributed by atoms with E-state index in [1.165, 1.54) is 0 Å². The van der Waals surface area contributed by atoms with Crippen LogP contribution in [0.5, 0.6) is 5.75 Å². The van der Waals surface area contributed by atoms with Gasteiger partial charge in [0, 0.05) is 17.5 Å². The number of carbonyl (C=O) groups is 1. The summed E-state index contributed by atoms with van der Waals surface area (Å²) in [7, 11) is 0. The number of nitrogens with zero attached hydrogens (tertiary/aromatic N) is 1. The number of aromatic nitrogens is 2. The van der Waals surface area contributed by atoms with Crippen LogP contribution in [0.4, 0.5) is 0 Å². The molecule has 1 heterocycles. The Morgan fingerprint density at radius 2 is 2.22 bits per heavy atom. The van der Waals surface area contributed by atoms with Crippen molar-refractivity contribution in [2.75, 3.05) is 13.2 Å². The molecule has 1 amide bonds. The lowest BCUT2D eigenvalue weighted by atomic mass is 10.1. The van der Waals surface area contributed by atoms with Crippen LogP contribution in [0.2, 0.25) is 0 Å². The summed E-state index contributed by atoms with van der Waals surface area (Å²) in [6.07, 6.45) is 2.53. The Labute approximate surface area is 136 Å². The molecule has 0 radical (unpaired) electrons. The highest BCUT2D eigenvalue weighted by Gasteiger charge is 2.15. The van der Waals surface area contributed by atoms with Crippen LogP contribution in [0.25, 0.3) is 0 Å². The fourth-order valence-corrected chi connectivity index (χ4v) is 2.16. The van der Waals surface area contributed by atoms with E-state index in [2.05, 4.69) is 15.3 Å². The highest BCUT2D eigenvalue weighted by Crippen LogP contribution is 2.20. The van der Waals surface area contributed by atoms with Gasteiger partial charge in [0.2, 0.25) is 0 Å². The Morgan fingerprint density at radius 1 is 1.43 bits per heavy atom. The van der Waals surface area contributed by atoms with Crippen molar-refractivity contribution < 1.29 is 9.53 Å². The number of amides is 1. The van der Waals surface area contributed by atoms with Crippen LogP contribution in [-0.4, -0.2) is 29.0 Å². The number of aryl methyl sites for hydroxylation is 2. The summed E-state index contributed by atoms with van der Waals surface area (Å²) in [6, 6.07) is 5.25. The number of ether oxygens (including phenoxy) is 1. The third kappa shape index (κ3) is 4.56. The summed E-state index contributed by atoms with van der Waals surface area (Å²) in [5.41, 5.74) is 7.99. The smallest absolute Gasteiger partial charge is 0.251 e. The summed E-state index contributed by atoms with van der Waals surface area (Å²) in [5, 5.41) is 2.93. The molecular formula is C17H24N4O2. The third-order valence-corrected chi connectivity index (χ3v) is 3.54. The van der Waals surface area contributed by atoms with E-state index in [9.17, 15) is 4.79 Å². The minimum Gasteiger partial charge on any atom is -0.493 e. The quantitative estimate of drug-likeness (QED) is 0.683. The molecule has 0 saturated heterocycles. The molecule has 0 aliphatic rings. The van der Waals surface area contributed by atoms with E-state index in [4.69, 9.17) is 10.5 Å². The van der Waals surface area contributed by atoms with Gasteiger partial charge in [-0.25, -0.2) is 4.98 Å². The number of hydrogen-bond donors (Lipinski definition) is 3. The molecular weight excluding hydrogens is 292 g/mol. The lowest BCUT2D eigenvalue weighted by molar-refractivity contribution is 0.0938.